The van der Waals surface area contributed by atoms with Crippen LogP contribution in [-0.2, 0) is 25.6 Å². The standard InChI is InChI=1S/C22H31N5O7/c23-21(24)25-11-8-14-4-6-15(7-5-14)34-13-17(28)26-16(12-18(29)30)19(31)27-22(20(32)33)9-2-1-3-10-22/h4-7,16H,1-3,8-13H2,(H,26,28)(H,27,31)(H,29,30)(H,32,33)(H4,23,24,25)/t16-/m0/s1. The van der Waals surface area contributed by atoms with Gasteiger partial charge >= 0.3 is 11.9 Å². The first kappa shape index (κ1) is 26.4. The van der Waals surface area contributed by atoms with Crippen LogP contribution in [0.2, 0.25) is 0 Å². The Hall–Kier alpha value is -3.83. The van der Waals surface area contributed by atoms with E-state index in [0.29, 0.717) is 31.6 Å². The van der Waals surface area contributed by atoms with Gasteiger partial charge in [0.05, 0.1) is 6.42 Å². The molecule has 2 rings (SSSR count). The third-order valence-corrected chi connectivity index (χ3v) is 5.53. The van der Waals surface area contributed by atoms with Crippen LogP contribution in [0.15, 0.2) is 24.3 Å². The molecule has 0 aromatic heterocycles. The molecule has 1 saturated carbocycles. The van der Waals surface area contributed by atoms with E-state index < -0.39 is 48.4 Å². The van der Waals surface area contributed by atoms with Crippen molar-refractivity contribution in [3.63, 3.8) is 0 Å². The van der Waals surface area contributed by atoms with Crippen LogP contribution >= 0.6 is 0 Å². The lowest BCUT2D eigenvalue weighted by Gasteiger charge is -2.35. The fraction of sp³-hybridized carbons (Fsp3) is 0.500. The maximum absolute atomic E-state index is 12.7. The molecular formula is C22H31N5O7. The van der Waals surface area contributed by atoms with Gasteiger partial charge in [0.15, 0.2) is 12.6 Å². The van der Waals surface area contributed by atoms with Gasteiger partial charge in [-0.05, 0) is 37.0 Å². The second-order valence-corrected chi connectivity index (χ2v) is 8.18. The largest absolute Gasteiger partial charge is 0.484 e. The van der Waals surface area contributed by atoms with Crippen LogP contribution in [0.5, 0.6) is 5.75 Å². The van der Waals surface area contributed by atoms with E-state index in [1.165, 1.54) is 0 Å². The molecule has 0 bridgehead atoms. The molecule has 12 heteroatoms. The van der Waals surface area contributed by atoms with Crippen LogP contribution in [0.3, 0.4) is 0 Å². The molecule has 0 aliphatic heterocycles. The number of carboxylic acids is 2. The summed E-state index contributed by atoms with van der Waals surface area (Å²) < 4.78 is 5.40. The second-order valence-electron chi connectivity index (χ2n) is 8.18. The normalized spacial score (nSPS) is 15.4. The second kappa shape index (κ2) is 12.4. The predicted molar refractivity (Wildman–Crippen MR) is 121 cm³/mol. The smallest absolute Gasteiger partial charge is 0.329 e. The Morgan fingerprint density at radius 2 is 1.74 bits per heavy atom. The molecule has 2 amide bonds. The number of carbonyl (C=O) groups is 4. The van der Waals surface area contributed by atoms with Crippen molar-refractivity contribution in [3.8, 4) is 5.75 Å². The highest BCUT2D eigenvalue weighted by Gasteiger charge is 2.42. The number of benzene rings is 1. The number of rotatable bonds is 12. The van der Waals surface area contributed by atoms with Crippen molar-refractivity contribution in [2.24, 2.45) is 5.73 Å². The third kappa shape index (κ3) is 8.26. The van der Waals surface area contributed by atoms with Crippen molar-refractivity contribution in [1.82, 2.24) is 16.0 Å². The number of carboxylic acid groups (broad SMARTS) is 2. The van der Waals surface area contributed by atoms with Gasteiger partial charge in [-0.3, -0.25) is 19.8 Å². The topological polar surface area (TPSA) is 204 Å². The number of guanidine groups is 1. The Bertz CT molecular complexity index is 897. The van der Waals surface area contributed by atoms with Gasteiger partial charge in [-0.1, -0.05) is 31.4 Å². The molecule has 8 N–H and O–H groups in total. The summed E-state index contributed by atoms with van der Waals surface area (Å²) in [6.45, 7) is 0.0346. The van der Waals surface area contributed by atoms with Gasteiger partial charge < -0.3 is 36.6 Å². The van der Waals surface area contributed by atoms with E-state index in [9.17, 15) is 24.3 Å². The molecular weight excluding hydrogens is 446 g/mol. The number of nitrogens with two attached hydrogens (primary N) is 1. The van der Waals surface area contributed by atoms with Gasteiger partial charge in [-0.15, -0.1) is 0 Å². The van der Waals surface area contributed by atoms with E-state index >= 15 is 0 Å². The quantitative estimate of drug-likeness (QED) is 0.159. The predicted octanol–water partition coefficient (Wildman–Crippen LogP) is -0.0458. The summed E-state index contributed by atoms with van der Waals surface area (Å²) in [5.41, 5.74) is 4.72. The molecule has 0 saturated heterocycles. The summed E-state index contributed by atoms with van der Waals surface area (Å²) in [6, 6.07) is 5.42. The van der Waals surface area contributed by atoms with Crippen LogP contribution < -0.4 is 26.4 Å². The summed E-state index contributed by atoms with van der Waals surface area (Å²) >= 11 is 0. The van der Waals surface area contributed by atoms with Gasteiger partial charge in [0.2, 0.25) is 5.91 Å². The van der Waals surface area contributed by atoms with Gasteiger partial charge in [0.25, 0.3) is 5.91 Å². The molecule has 1 atom stereocenters. The maximum Gasteiger partial charge on any atom is 0.329 e. The molecule has 0 unspecified atom stereocenters. The molecule has 34 heavy (non-hydrogen) atoms. The van der Waals surface area contributed by atoms with Crippen LogP contribution in [0, 0.1) is 5.41 Å². The lowest BCUT2D eigenvalue weighted by Crippen LogP contribution is -2.60. The number of amides is 2. The molecule has 186 valence electrons. The Balaban J connectivity index is 1.92. The number of ether oxygens (including phenoxy) is 1. The number of carbonyl (C=O) groups excluding carboxylic acids is 2. The van der Waals surface area contributed by atoms with E-state index in [1.807, 2.05) is 0 Å². The van der Waals surface area contributed by atoms with Crippen LogP contribution in [0.4, 0.5) is 0 Å². The van der Waals surface area contributed by atoms with Crippen LogP contribution in [0.1, 0.15) is 44.1 Å². The Kier molecular flexibility index (Phi) is 9.65. The van der Waals surface area contributed by atoms with Gasteiger partial charge in [-0.2, -0.15) is 0 Å². The summed E-state index contributed by atoms with van der Waals surface area (Å²) in [6.07, 6.45) is 2.52. The highest BCUT2D eigenvalue weighted by atomic mass is 16.5. The number of hydrogen-bond donors (Lipinski definition) is 7. The van der Waals surface area contributed by atoms with E-state index in [0.717, 1.165) is 12.0 Å². The van der Waals surface area contributed by atoms with E-state index in [2.05, 4.69) is 16.0 Å². The highest BCUT2D eigenvalue weighted by molar-refractivity contribution is 5.94. The van der Waals surface area contributed by atoms with E-state index in [4.69, 9.17) is 21.0 Å². The Morgan fingerprint density at radius 1 is 1.09 bits per heavy atom. The SMILES string of the molecule is N=C(N)NCCc1ccc(OCC(=O)N[C@@H](CC(=O)O)C(=O)NC2(C(=O)O)CCCCC2)cc1. The highest BCUT2D eigenvalue weighted by Crippen LogP contribution is 2.28. The van der Waals surface area contributed by atoms with Crippen molar-refractivity contribution in [1.29, 1.82) is 5.41 Å². The third-order valence-electron chi connectivity index (χ3n) is 5.53. The van der Waals surface area contributed by atoms with Crippen molar-refractivity contribution in [2.45, 2.75) is 56.5 Å². The molecule has 12 nitrogen and oxygen atoms in total. The number of hydrogen-bond acceptors (Lipinski definition) is 6. The fourth-order valence-electron chi connectivity index (χ4n) is 3.73. The minimum atomic E-state index is -1.46. The lowest BCUT2D eigenvalue weighted by atomic mass is 9.81. The molecule has 1 aliphatic rings. The van der Waals surface area contributed by atoms with Crippen molar-refractivity contribution >= 4 is 29.7 Å². The molecule has 0 heterocycles. The monoisotopic (exact) mass is 477 g/mol. The molecule has 0 spiro atoms. The van der Waals surface area contributed by atoms with Gasteiger partial charge in [0.1, 0.15) is 17.3 Å². The summed E-state index contributed by atoms with van der Waals surface area (Å²) in [4.78, 5) is 48.1. The average Bonchev–Trinajstić information content (AvgIpc) is 2.78. The van der Waals surface area contributed by atoms with Gasteiger partial charge in [-0.25, -0.2) is 4.79 Å². The molecule has 1 fully saturated rings. The molecule has 0 radical (unpaired) electrons. The van der Waals surface area contributed by atoms with E-state index in [1.54, 1.807) is 24.3 Å². The first-order valence-corrected chi connectivity index (χ1v) is 11.0. The maximum atomic E-state index is 12.7. The summed E-state index contributed by atoms with van der Waals surface area (Å²) in [5, 5.41) is 33.4. The zero-order valence-electron chi connectivity index (χ0n) is 18.8. The van der Waals surface area contributed by atoms with Crippen molar-refractivity contribution < 1.29 is 34.1 Å². The van der Waals surface area contributed by atoms with E-state index in [-0.39, 0.29) is 18.8 Å². The summed E-state index contributed by atoms with van der Waals surface area (Å²) in [7, 11) is 0. The minimum Gasteiger partial charge on any atom is -0.484 e. The van der Waals surface area contributed by atoms with Crippen LogP contribution in [-0.4, -0.2) is 64.7 Å². The zero-order valence-corrected chi connectivity index (χ0v) is 18.8. The lowest BCUT2D eigenvalue weighted by molar-refractivity contribution is -0.150. The summed E-state index contributed by atoms with van der Waals surface area (Å²) in [5.74, 6) is -3.79. The molecule has 1 aromatic rings. The molecule has 1 aromatic carbocycles. The Morgan fingerprint density at radius 3 is 2.29 bits per heavy atom. The molecule has 1 aliphatic carbocycles. The average molecular weight is 478 g/mol. The van der Waals surface area contributed by atoms with Gasteiger partial charge in [0, 0.05) is 6.54 Å². The first-order valence-electron chi connectivity index (χ1n) is 11.0. The fourth-order valence-corrected chi connectivity index (χ4v) is 3.73. The van der Waals surface area contributed by atoms with Crippen molar-refractivity contribution in [2.75, 3.05) is 13.2 Å². The zero-order chi connectivity index (χ0) is 25.1. The van der Waals surface area contributed by atoms with Crippen molar-refractivity contribution in [3.05, 3.63) is 29.8 Å². The first-order chi connectivity index (χ1) is 16.1. The Labute approximate surface area is 196 Å². The number of aliphatic carboxylic acids is 2. The minimum absolute atomic E-state index is 0.113. The van der Waals surface area contributed by atoms with Crippen LogP contribution in [0.25, 0.3) is 0 Å². The number of nitrogens with one attached hydrogen (secondary N) is 4.